The van der Waals surface area contributed by atoms with E-state index >= 15 is 0 Å². The van der Waals surface area contributed by atoms with Crippen LogP contribution in [0, 0.1) is 6.92 Å². The summed E-state index contributed by atoms with van der Waals surface area (Å²) >= 11 is 0. The van der Waals surface area contributed by atoms with Gasteiger partial charge in [0, 0.05) is 23.6 Å². The van der Waals surface area contributed by atoms with Gasteiger partial charge in [-0.1, -0.05) is 17.2 Å². The Labute approximate surface area is 145 Å². The van der Waals surface area contributed by atoms with Gasteiger partial charge in [0.25, 0.3) is 0 Å². The van der Waals surface area contributed by atoms with E-state index < -0.39 is 0 Å². The number of aryl methyl sites for hydroxylation is 1. The highest BCUT2D eigenvalue weighted by atomic mass is 16.5. The maximum Gasteiger partial charge on any atom is 0.153 e. The van der Waals surface area contributed by atoms with Gasteiger partial charge in [0.05, 0.1) is 7.11 Å². The summed E-state index contributed by atoms with van der Waals surface area (Å²) in [4.78, 5) is 7.45. The van der Waals surface area contributed by atoms with Crippen molar-refractivity contribution in [3.05, 3.63) is 63.7 Å². The van der Waals surface area contributed by atoms with Crippen molar-refractivity contribution in [1.29, 1.82) is 0 Å². The standard InChI is InChI=1S/C18H19N5O2/c1-12-15(9-10-21-23-19)18-16(25-12)7-8-17(22-18)20-11-13-3-5-14(24-2)6-4-13/h3-8H,9-11H2,1-2H3,(H,20,22). The largest absolute Gasteiger partial charge is 0.497 e. The summed E-state index contributed by atoms with van der Waals surface area (Å²) in [6, 6.07) is 11.7. The highest BCUT2D eigenvalue weighted by molar-refractivity contribution is 5.79. The number of azide groups is 1. The zero-order chi connectivity index (χ0) is 17.6. The molecule has 3 aromatic rings. The van der Waals surface area contributed by atoms with Gasteiger partial charge in [-0.3, -0.25) is 0 Å². The number of ether oxygens (including phenoxy) is 1. The Morgan fingerprint density at radius 3 is 2.76 bits per heavy atom. The fourth-order valence-corrected chi connectivity index (χ4v) is 2.67. The summed E-state index contributed by atoms with van der Waals surface area (Å²) in [5.74, 6) is 2.42. The van der Waals surface area contributed by atoms with Crippen LogP contribution in [0.25, 0.3) is 21.5 Å². The van der Waals surface area contributed by atoms with E-state index in [-0.39, 0.29) is 0 Å². The molecule has 0 radical (unpaired) electrons. The SMILES string of the molecule is COc1ccc(CNc2ccc3oc(C)c(CCN=[N+]=[N-])c3n2)cc1. The Kier molecular flexibility index (Phi) is 5.06. The fourth-order valence-electron chi connectivity index (χ4n) is 2.67. The minimum Gasteiger partial charge on any atom is -0.497 e. The highest BCUT2D eigenvalue weighted by Gasteiger charge is 2.12. The zero-order valence-electron chi connectivity index (χ0n) is 14.2. The van der Waals surface area contributed by atoms with E-state index in [0.717, 1.165) is 39.6 Å². The molecular weight excluding hydrogens is 318 g/mol. The van der Waals surface area contributed by atoms with Gasteiger partial charge in [-0.15, -0.1) is 0 Å². The lowest BCUT2D eigenvalue weighted by Gasteiger charge is -2.07. The lowest BCUT2D eigenvalue weighted by molar-refractivity contribution is 0.414. The van der Waals surface area contributed by atoms with E-state index in [1.165, 1.54) is 0 Å². The first kappa shape index (κ1) is 16.7. The van der Waals surface area contributed by atoms with Crippen molar-refractivity contribution in [2.75, 3.05) is 19.0 Å². The number of methoxy groups -OCH3 is 1. The fraction of sp³-hybridized carbons (Fsp3) is 0.278. The molecule has 0 saturated heterocycles. The van der Waals surface area contributed by atoms with Gasteiger partial charge in [-0.2, -0.15) is 0 Å². The summed E-state index contributed by atoms with van der Waals surface area (Å²) < 4.78 is 10.9. The third-order valence-electron chi connectivity index (χ3n) is 3.99. The average molecular weight is 337 g/mol. The molecule has 2 heterocycles. The number of benzene rings is 1. The molecule has 0 bridgehead atoms. The van der Waals surface area contributed by atoms with Crippen LogP contribution in [0.3, 0.4) is 0 Å². The molecule has 128 valence electrons. The van der Waals surface area contributed by atoms with E-state index in [4.69, 9.17) is 14.7 Å². The predicted molar refractivity (Wildman–Crippen MR) is 96.8 cm³/mol. The van der Waals surface area contributed by atoms with Crippen molar-refractivity contribution in [3.8, 4) is 5.75 Å². The molecular formula is C18H19N5O2. The van der Waals surface area contributed by atoms with Gasteiger partial charge in [0.1, 0.15) is 22.8 Å². The Bertz CT molecular complexity index is 911. The van der Waals surface area contributed by atoms with Crippen LogP contribution in [0.15, 0.2) is 45.9 Å². The minimum absolute atomic E-state index is 0.386. The number of nitrogens with one attached hydrogen (secondary N) is 1. The minimum atomic E-state index is 0.386. The van der Waals surface area contributed by atoms with Crippen LogP contribution >= 0.6 is 0 Å². The molecule has 0 fully saturated rings. The molecule has 0 aliphatic carbocycles. The lowest BCUT2D eigenvalue weighted by atomic mass is 10.1. The topological polar surface area (TPSA) is 96.0 Å². The molecule has 7 heteroatoms. The van der Waals surface area contributed by atoms with Gasteiger partial charge in [0.2, 0.25) is 0 Å². The molecule has 0 aliphatic heterocycles. The summed E-state index contributed by atoms with van der Waals surface area (Å²) in [5.41, 5.74) is 12.1. The number of rotatable bonds is 7. The normalized spacial score (nSPS) is 10.5. The number of fused-ring (bicyclic) bond motifs is 1. The van der Waals surface area contributed by atoms with Gasteiger partial charge in [-0.25, -0.2) is 4.98 Å². The van der Waals surface area contributed by atoms with E-state index in [9.17, 15) is 0 Å². The summed E-state index contributed by atoms with van der Waals surface area (Å²) in [5, 5.41) is 6.91. The number of furan rings is 1. The van der Waals surface area contributed by atoms with E-state index in [2.05, 4.69) is 20.3 Å². The Balaban J connectivity index is 1.77. The molecule has 2 aromatic heterocycles. The Morgan fingerprint density at radius 2 is 2.04 bits per heavy atom. The smallest absolute Gasteiger partial charge is 0.153 e. The summed E-state index contributed by atoms with van der Waals surface area (Å²) in [6.07, 6.45) is 0.609. The molecule has 0 amide bonds. The molecule has 0 aliphatic rings. The summed E-state index contributed by atoms with van der Waals surface area (Å²) in [7, 11) is 1.65. The van der Waals surface area contributed by atoms with Crippen molar-refractivity contribution in [1.82, 2.24) is 4.98 Å². The van der Waals surface area contributed by atoms with Gasteiger partial charge in [-0.05, 0) is 48.7 Å². The van der Waals surface area contributed by atoms with Crippen molar-refractivity contribution in [3.63, 3.8) is 0 Å². The van der Waals surface area contributed by atoms with Crippen LogP contribution < -0.4 is 10.1 Å². The number of hydrogen-bond acceptors (Lipinski definition) is 5. The molecule has 0 saturated carbocycles. The molecule has 0 spiro atoms. The van der Waals surface area contributed by atoms with Crippen LogP contribution in [-0.4, -0.2) is 18.6 Å². The predicted octanol–water partition coefficient (Wildman–Crippen LogP) is 4.61. The lowest BCUT2D eigenvalue weighted by Crippen LogP contribution is -2.01. The second-order valence-corrected chi connectivity index (χ2v) is 5.59. The Morgan fingerprint density at radius 1 is 1.24 bits per heavy atom. The van der Waals surface area contributed by atoms with Crippen molar-refractivity contribution in [2.45, 2.75) is 19.9 Å². The average Bonchev–Trinajstić information content (AvgIpc) is 2.95. The number of pyridine rings is 1. The zero-order valence-corrected chi connectivity index (χ0v) is 14.2. The van der Waals surface area contributed by atoms with Gasteiger partial charge in [0.15, 0.2) is 5.58 Å². The molecule has 1 aromatic carbocycles. The molecule has 0 atom stereocenters. The number of aromatic nitrogens is 1. The monoisotopic (exact) mass is 337 g/mol. The van der Waals surface area contributed by atoms with Crippen molar-refractivity contribution in [2.24, 2.45) is 5.11 Å². The summed E-state index contributed by atoms with van der Waals surface area (Å²) in [6.45, 7) is 2.95. The maximum atomic E-state index is 8.43. The van der Waals surface area contributed by atoms with Crippen molar-refractivity contribution < 1.29 is 9.15 Å². The maximum absolute atomic E-state index is 8.43. The van der Waals surface area contributed by atoms with E-state index in [0.29, 0.717) is 19.5 Å². The quantitative estimate of drug-likeness (QED) is 0.387. The highest BCUT2D eigenvalue weighted by Crippen LogP contribution is 2.26. The second-order valence-electron chi connectivity index (χ2n) is 5.59. The van der Waals surface area contributed by atoms with E-state index in [1.54, 1.807) is 7.11 Å². The van der Waals surface area contributed by atoms with E-state index in [1.807, 2.05) is 43.3 Å². The van der Waals surface area contributed by atoms with Crippen LogP contribution in [0.1, 0.15) is 16.9 Å². The number of nitrogens with zero attached hydrogens (tertiary/aromatic N) is 4. The van der Waals surface area contributed by atoms with Gasteiger partial charge < -0.3 is 14.5 Å². The number of anilines is 1. The van der Waals surface area contributed by atoms with Crippen LogP contribution in [0.5, 0.6) is 5.75 Å². The third kappa shape index (κ3) is 3.84. The third-order valence-corrected chi connectivity index (χ3v) is 3.99. The number of hydrogen-bond donors (Lipinski definition) is 1. The van der Waals surface area contributed by atoms with Crippen LogP contribution in [0.2, 0.25) is 0 Å². The first-order valence-corrected chi connectivity index (χ1v) is 7.98. The first-order valence-electron chi connectivity index (χ1n) is 7.98. The molecule has 25 heavy (non-hydrogen) atoms. The molecule has 0 unspecified atom stereocenters. The molecule has 7 nitrogen and oxygen atoms in total. The molecule has 3 rings (SSSR count). The molecule has 1 N–H and O–H groups in total. The Hall–Kier alpha value is -3.18. The van der Waals surface area contributed by atoms with Crippen LogP contribution in [-0.2, 0) is 13.0 Å². The second kappa shape index (κ2) is 7.59. The first-order chi connectivity index (χ1) is 12.2. The van der Waals surface area contributed by atoms with Crippen LogP contribution in [0.4, 0.5) is 5.82 Å². The van der Waals surface area contributed by atoms with Gasteiger partial charge >= 0.3 is 0 Å². The van der Waals surface area contributed by atoms with Crippen molar-refractivity contribution >= 4 is 16.9 Å².